The van der Waals surface area contributed by atoms with Gasteiger partial charge < -0.3 is 9.64 Å². The van der Waals surface area contributed by atoms with E-state index in [1.54, 1.807) is 41.8 Å². The molecule has 0 spiro atoms. The Bertz CT molecular complexity index is 829. The number of amides is 1. The number of ether oxygens (including phenoxy) is 1. The van der Waals surface area contributed by atoms with E-state index in [1.807, 2.05) is 16.7 Å². The highest BCUT2D eigenvalue weighted by Crippen LogP contribution is 2.26. The largest absolute Gasteiger partial charge is 0.484 e. The van der Waals surface area contributed by atoms with Gasteiger partial charge in [0.05, 0.1) is 5.69 Å². The highest BCUT2D eigenvalue weighted by atomic mass is 32.2. The Balaban J connectivity index is 1.60. The second-order valence-electron chi connectivity index (χ2n) is 5.68. The summed E-state index contributed by atoms with van der Waals surface area (Å²) >= 11 is 3.03. The normalized spacial score (nSPS) is 14.9. The Kier molecular flexibility index (Phi) is 6.10. The van der Waals surface area contributed by atoms with Crippen LogP contribution in [0.2, 0.25) is 0 Å². The average molecular weight is 413 g/mol. The van der Waals surface area contributed by atoms with Crippen molar-refractivity contribution >= 4 is 44.7 Å². The van der Waals surface area contributed by atoms with Crippen molar-refractivity contribution in [2.24, 2.45) is 0 Å². The standard InChI is InChI=1S/C17H20N2O4S3/c1-18(26(21,22)17-3-2-10-25-17)14-4-6-15(7-5-14)23-13-16(20)19-8-11-24-12-9-19/h2-7,10H,8-9,11-13H2,1H3. The topological polar surface area (TPSA) is 66.9 Å². The minimum atomic E-state index is -3.55. The second kappa shape index (κ2) is 8.32. The molecule has 0 aliphatic carbocycles. The van der Waals surface area contributed by atoms with Gasteiger partial charge in [0, 0.05) is 31.6 Å². The first kappa shape index (κ1) is 19.1. The number of thiophene rings is 1. The highest BCUT2D eigenvalue weighted by Gasteiger charge is 2.22. The van der Waals surface area contributed by atoms with E-state index in [0.29, 0.717) is 15.6 Å². The van der Waals surface area contributed by atoms with Crippen molar-refractivity contribution in [3.05, 3.63) is 41.8 Å². The molecule has 0 saturated carbocycles. The number of hydrogen-bond donors (Lipinski definition) is 0. The lowest BCUT2D eigenvalue weighted by atomic mass is 10.3. The summed E-state index contributed by atoms with van der Waals surface area (Å²) in [4.78, 5) is 13.9. The van der Waals surface area contributed by atoms with E-state index < -0.39 is 10.0 Å². The summed E-state index contributed by atoms with van der Waals surface area (Å²) in [6, 6.07) is 9.98. The molecule has 0 bridgehead atoms. The van der Waals surface area contributed by atoms with Crippen molar-refractivity contribution in [2.45, 2.75) is 4.21 Å². The molecule has 1 aromatic heterocycles. The second-order valence-corrected chi connectivity index (χ2v) is 10.0. The molecule has 1 aliphatic heterocycles. The van der Waals surface area contributed by atoms with Crippen molar-refractivity contribution < 1.29 is 17.9 Å². The molecule has 140 valence electrons. The number of nitrogens with zero attached hydrogens (tertiary/aromatic N) is 2. The summed E-state index contributed by atoms with van der Waals surface area (Å²) in [7, 11) is -2.04. The maximum atomic E-state index is 12.5. The molecule has 1 saturated heterocycles. The first-order chi connectivity index (χ1) is 12.5. The third-order valence-electron chi connectivity index (χ3n) is 4.04. The van der Waals surface area contributed by atoms with E-state index in [1.165, 1.54) is 22.7 Å². The molecule has 1 aliphatic rings. The molecule has 0 N–H and O–H groups in total. The molecule has 2 aromatic rings. The molecular formula is C17H20N2O4S3. The van der Waals surface area contributed by atoms with Gasteiger partial charge in [-0.05, 0) is 35.7 Å². The van der Waals surface area contributed by atoms with Gasteiger partial charge in [-0.1, -0.05) is 6.07 Å². The zero-order valence-corrected chi connectivity index (χ0v) is 16.8. The van der Waals surface area contributed by atoms with Crippen LogP contribution in [-0.2, 0) is 14.8 Å². The van der Waals surface area contributed by atoms with Gasteiger partial charge in [0.25, 0.3) is 15.9 Å². The van der Waals surface area contributed by atoms with Crippen LogP contribution in [0.1, 0.15) is 0 Å². The number of carbonyl (C=O) groups excluding carboxylic acids is 1. The fourth-order valence-electron chi connectivity index (χ4n) is 2.49. The van der Waals surface area contributed by atoms with Crippen molar-refractivity contribution in [3.63, 3.8) is 0 Å². The van der Waals surface area contributed by atoms with E-state index in [-0.39, 0.29) is 12.5 Å². The molecule has 0 atom stereocenters. The van der Waals surface area contributed by atoms with Crippen molar-refractivity contribution in [1.29, 1.82) is 0 Å². The van der Waals surface area contributed by atoms with Crippen molar-refractivity contribution in [1.82, 2.24) is 4.90 Å². The average Bonchev–Trinajstić information content (AvgIpc) is 3.22. The van der Waals surface area contributed by atoms with Crippen LogP contribution in [0.15, 0.2) is 46.0 Å². The zero-order chi connectivity index (χ0) is 18.6. The van der Waals surface area contributed by atoms with Gasteiger partial charge in [0.15, 0.2) is 6.61 Å². The van der Waals surface area contributed by atoms with Gasteiger partial charge in [-0.2, -0.15) is 11.8 Å². The summed E-state index contributed by atoms with van der Waals surface area (Å²) in [6.07, 6.45) is 0. The highest BCUT2D eigenvalue weighted by molar-refractivity contribution is 7.99. The van der Waals surface area contributed by atoms with Crippen LogP contribution in [-0.4, -0.2) is 57.5 Å². The number of hydrogen-bond acceptors (Lipinski definition) is 6. The lowest BCUT2D eigenvalue weighted by Crippen LogP contribution is -2.40. The van der Waals surface area contributed by atoms with E-state index in [2.05, 4.69) is 0 Å². The van der Waals surface area contributed by atoms with Crippen LogP contribution in [0.4, 0.5) is 5.69 Å². The first-order valence-electron chi connectivity index (χ1n) is 8.09. The SMILES string of the molecule is CN(c1ccc(OCC(=O)N2CCSCC2)cc1)S(=O)(=O)c1cccs1. The molecule has 1 amide bonds. The van der Waals surface area contributed by atoms with Gasteiger partial charge in [-0.25, -0.2) is 8.42 Å². The molecule has 0 radical (unpaired) electrons. The number of benzene rings is 1. The Labute approximate surface area is 161 Å². The monoisotopic (exact) mass is 412 g/mol. The fourth-order valence-corrected chi connectivity index (χ4v) is 5.75. The fraction of sp³-hybridized carbons (Fsp3) is 0.353. The predicted octanol–water partition coefficient (Wildman–Crippen LogP) is 2.53. The van der Waals surface area contributed by atoms with Crippen molar-refractivity contribution in [2.75, 3.05) is 42.6 Å². The Hall–Kier alpha value is -1.71. The molecule has 9 heteroatoms. The molecule has 1 aromatic carbocycles. The zero-order valence-electron chi connectivity index (χ0n) is 14.3. The third-order valence-corrected chi connectivity index (χ3v) is 8.14. The van der Waals surface area contributed by atoms with E-state index in [4.69, 9.17) is 4.74 Å². The van der Waals surface area contributed by atoms with Crippen LogP contribution >= 0.6 is 23.1 Å². The lowest BCUT2D eigenvalue weighted by Gasteiger charge is -2.26. The number of carbonyl (C=O) groups is 1. The first-order valence-corrected chi connectivity index (χ1v) is 11.6. The van der Waals surface area contributed by atoms with Crippen LogP contribution in [0.5, 0.6) is 5.75 Å². The summed E-state index contributed by atoms with van der Waals surface area (Å²) in [5.41, 5.74) is 0.533. The van der Waals surface area contributed by atoms with Gasteiger partial charge in [0.2, 0.25) is 0 Å². The van der Waals surface area contributed by atoms with Crippen molar-refractivity contribution in [3.8, 4) is 5.75 Å². The minimum Gasteiger partial charge on any atom is -0.484 e. The smallest absolute Gasteiger partial charge is 0.273 e. The number of thioether (sulfide) groups is 1. The molecule has 3 rings (SSSR count). The molecule has 0 unspecified atom stereocenters. The Morgan fingerprint density at radius 1 is 1.19 bits per heavy atom. The molecule has 26 heavy (non-hydrogen) atoms. The Morgan fingerprint density at radius 3 is 2.50 bits per heavy atom. The summed E-state index contributed by atoms with van der Waals surface area (Å²) in [5, 5.41) is 1.73. The summed E-state index contributed by atoms with van der Waals surface area (Å²) < 4.78 is 32.1. The van der Waals surface area contributed by atoms with Crippen LogP contribution < -0.4 is 9.04 Å². The quantitative estimate of drug-likeness (QED) is 0.729. The number of anilines is 1. The summed E-state index contributed by atoms with van der Waals surface area (Å²) in [5.74, 6) is 2.44. The minimum absolute atomic E-state index is 0.00660. The Morgan fingerprint density at radius 2 is 1.88 bits per heavy atom. The molecular weight excluding hydrogens is 392 g/mol. The van der Waals surface area contributed by atoms with Crippen LogP contribution in [0.25, 0.3) is 0 Å². The summed E-state index contributed by atoms with van der Waals surface area (Å²) in [6.45, 7) is 1.52. The van der Waals surface area contributed by atoms with Gasteiger partial charge in [-0.15, -0.1) is 11.3 Å². The molecule has 1 fully saturated rings. The third kappa shape index (κ3) is 4.33. The number of sulfonamides is 1. The molecule has 6 nitrogen and oxygen atoms in total. The maximum Gasteiger partial charge on any atom is 0.273 e. The van der Waals surface area contributed by atoms with Crippen LogP contribution in [0, 0.1) is 0 Å². The lowest BCUT2D eigenvalue weighted by molar-refractivity contribution is -0.132. The van der Waals surface area contributed by atoms with E-state index >= 15 is 0 Å². The van der Waals surface area contributed by atoms with Gasteiger partial charge in [0.1, 0.15) is 9.96 Å². The molecule has 2 heterocycles. The number of rotatable bonds is 6. The predicted molar refractivity (Wildman–Crippen MR) is 106 cm³/mol. The van der Waals surface area contributed by atoms with Crippen LogP contribution in [0.3, 0.4) is 0 Å². The van der Waals surface area contributed by atoms with Gasteiger partial charge >= 0.3 is 0 Å². The maximum absolute atomic E-state index is 12.5. The van der Waals surface area contributed by atoms with Gasteiger partial charge in [-0.3, -0.25) is 9.10 Å². The van der Waals surface area contributed by atoms with E-state index in [9.17, 15) is 13.2 Å². The van der Waals surface area contributed by atoms with E-state index in [0.717, 1.165) is 24.6 Å².